The zero-order valence-electron chi connectivity index (χ0n) is 14.2. The van der Waals surface area contributed by atoms with Gasteiger partial charge in [-0.2, -0.15) is 0 Å². The van der Waals surface area contributed by atoms with Crippen molar-refractivity contribution < 1.29 is 18.6 Å². The molecule has 0 nitrogen and oxygen atoms in total. The van der Waals surface area contributed by atoms with Gasteiger partial charge in [0.25, 0.3) is 0 Å². The van der Waals surface area contributed by atoms with E-state index in [0.717, 1.165) is 24.2 Å². The summed E-state index contributed by atoms with van der Waals surface area (Å²) in [7, 11) is 0. The molecule has 0 heterocycles. The van der Waals surface area contributed by atoms with Gasteiger partial charge in [0, 0.05) is 25.0 Å². The molecule has 3 atom stereocenters. The third-order valence-corrected chi connectivity index (χ3v) is 4.79. The molecule has 1 heteroatoms. The molecule has 3 rings (SSSR count). The maximum atomic E-state index is 3.82. The van der Waals surface area contributed by atoms with Gasteiger partial charge in [-0.25, -0.2) is 0 Å². The summed E-state index contributed by atoms with van der Waals surface area (Å²) < 4.78 is 0. The molecular weight excluding hydrogens is 291 g/mol. The quantitative estimate of drug-likeness (QED) is 0.519. The van der Waals surface area contributed by atoms with E-state index in [1.54, 1.807) is 0 Å². The summed E-state index contributed by atoms with van der Waals surface area (Å²) in [6.07, 6.45) is 20.5. The molecule has 3 aliphatic rings. The Labute approximate surface area is 145 Å². The van der Waals surface area contributed by atoms with Gasteiger partial charge in [-0.05, 0) is 43.4 Å². The fraction of sp³-hybridized carbons (Fsp3) is 0.650. The molecule has 0 aromatic heterocycles. The number of fused-ring (bicyclic) bond motifs is 1. The molecule has 0 saturated heterocycles. The fourth-order valence-electron chi connectivity index (χ4n) is 3.65. The van der Waals surface area contributed by atoms with Gasteiger partial charge in [-0.15, -0.1) is 6.58 Å². The van der Waals surface area contributed by atoms with Crippen LogP contribution in [-0.4, -0.2) is 0 Å². The van der Waals surface area contributed by atoms with Crippen molar-refractivity contribution in [2.75, 3.05) is 0 Å². The van der Waals surface area contributed by atoms with Crippen LogP contribution in [0.1, 0.15) is 65.7 Å². The monoisotopic (exact) mass is 324 g/mol. The van der Waals surface area contributed by atoms with Gasteiger partial charge in [-0.1, -0.05) is 69.9 Å². The van der Waals surface area contributed by atoms with Crippen molar-refractivity contribution in [2.45, 2.75) is 65.7 Å². The first-order chi connectivity index (χ1) is 9.85. The number of hydrogen-bond acceptors (Lipinski definition) is 0. The van der Waals surface area contributed by atoms with Crippen LogP contribution in [0.3, 0.4) is 0 Å². The van der Waals surface area contributed by atoms with Crippen molar-refractivity contribution in [2.24, 2.45) is 17.8 Å². The van der Waals surface area contributed by atoms with E-state index in [0.29, 0.717) is 0 Å². The molecule has 2 radical (unpaired) electrons. The van der Waals surface area contributed by atoms with Gasteiger partial charge in [0.15, 0.2) is 0 Å². The van der Waals surface area contributed by atoms with E-state index < -0.39 is 0 Å². The Balaban J connectivity index is 0.000000351. The van der Waals surface area contributed by atoms with Crippen molar-refractivity contribution >= 4 is 0 Å². The predicted molar refractivity (Wildman–Crippen MR) is 91.5 cm³/mol. The molecule has 2 fully saturated rings. The van der Waals surface area contributed by atoms with Crippen molar-refractivity contribution in [1.29, 1.82) is 0 Å². The van der Waals surface area contributed by atoms with Crippen LogP contribution in [0.15, 0.2) is 36.5 Å². The molecule has 0 spiro atoms. The molecule has 0 amide bonds. The van der Waals surface area contributed by atoms with Crippen LogP contribution in [0, 0.1) is 24.2 Å². The van der Waals surface area contributed by atoms with Crippen molar-refractivity contribution in [3.8, 4) is 0 Å². The molecule has 3 aliphatic carbocycles. The fourth-order valence-corrected chi connectivity index (χ4v) is 3.65. The van der Waals surface area contributed by atoms with E-state index >= 15 is 0 Å². The van der Waals surface area contributed by atoms with Crippen LogP contribution < -0.4 is 0 Å². The Bertz CT molecular complexity index is 327. The molecule has 0 aliphatic heterocycles. The van der Waals surface area contributed by atoms with Crippen molar-refractivity contribution in [1.82, 2.24) is 0 Å². The molecule has 1 unspecified atom stereocenters. The Morgan fingerprint density at radius 2 is 1.90 bits per heavy atom. The first kappa shape index (κ1) is 20.8. The first-order valence-corrected chi connectivity index (χ1v) is 8.66. The Hall–Kier alpha value is -0.196. The van der Waals surface area contributed by atoms with Gasteiger partial charge in [-0.3, -0.25) is 0 Å². The summed E-state index contributed by atoms with van der Waals surface area (Å²) in [5, 5.41) is 0. The summed E-state index contributed by atoms with van der Waals surface area (Å²) in [6, 6.07) is 0. The number of allylic oxidation sites excluding steroid dienone is 5. The molecule has 0 aromatic carbocycles. The van der Waals surface area contributed by atoms with Crippen molar-refractivity contribution in [3.05, 3.63) is 42.9 Å². The Morgan fingerprint density at radius 1 is 1.19 bits per heavy atom. The van der Waals surface area contributed by atoms with Gasteiger partial charge >= 0.3 is 0 Å². The topological polar surface area (TPSA) is 0 Å². The number of hydrogen-bond donors (Lipinski definition) is 0. The van der Waals surface area contributed by atoms with E-state index in [2.05, 4.69) is 44.2 Å². The minimum atomic E-state index is 0. The molecule has 21 heavy (non-hydrogen) atoms. The van der Waals surface area contributed by atoms with E-state index in [9.17, 15) is 0 Å². The maximum absolute atomic E-state index is 3.82. The van der Waals surface area contributed by atoms with E-state index in [4.69, 9.17) is 0 Å². The second-order valence-corrected chi connectivity index (χ2v) is 5.88. The van der Waals surface area contributed by atoms with Gasteiger partial charge < -0.3 is 0 Å². The Morgan fingerprint density at radius 3 is 2.38 bits per heavy atom. The third-order valence-electron chi connectivity index (χ3n) is 4.79. The zero-order valence-corrected chi connectivity index (χ0v) is 15.6. The molecule has 0 bridgehead atoms. The summed E-state index contributed by atoms with van der Waals surface area (Å²) >= 11 is 0. The average Bonchev–Trinajstić information content (AvgIpc) is 3.01. The molecule has 2 saturated carbocycles. The second kappa shape index (κ2) is 12.4. The Kier molecular flexibility index (Phi) is 12.2. The van der Waals surface area contributed by atoms with Gasteiger partial charge in [0.1, 0.15) is 0 Å². The average molecular weight is 324 g/mol. The van der Waals surface area contributed by atoms with E-state index in [-0.39, 0.29) is 18.6 Å². The van der Waals surface area contributed by atoms with E-state index in [1.807, 2.05) is 13.8 Å². The van der Waals surface area contributed by atoms with Crippen LogP contribution in [0.5, 0.6) is 0 Å². The van der Waals surface area contributed by atoms with E-state index in [1.165, 1.54) is 44.1 Å². The summed E-state index contributed by atoms with van der Waals surface area (Å²) in [6.45, 7) is 9.98. The smallest absolute Gasteiger partial charge is 0.00833 e. The second-order valence-electron chi connectivity index (χ2n) is 5.88. The minimum absolute atomic E-state index is 0. The standard InChI is InChI=1S/C11H18.C7H9.C2H6.V/c1-2-5-9-8-10-6-3-4-7-11(9)10;1-2-7-5-3-4-6-7;1-2;/h2,9-11H,1,3-8H2;3-6H,2H2,1H3;1-2H3;/t9-,10?,11-;;;/m1.../s1. The molecule has 0 aromatic rings. The zero-order chi connectivity index (χ0) is 14.8. The summed E-state index contributed by atoms with van der Waals surface area (Å²) in [4.78, 5) is 0. The van der Waals surface area contributed by atoms with Crippen LogP contribution in [0.4, 0.5) is 0 Å². The third kappa shape index (κ3) is 6.62. The largest absolute Gasteiger partial charge is 0.103 e. The maximum Gasteiger partial charge on any atom is 0.00833 e. The van der Waals surface area contributed by atoms with Crippen LogP contribution >= 0.6 is 0 Å². The summed E-state index contributed by atoms with van der Waals surface area (Å²) in [5.74, 6) is 3.24. The predicted octanol–water partition coefficient (Wildman–Crippen LogP) is 6.51. The SMILES string of the molecule is C=CC[C@@H]1CC2CCCC[C@@H]21.CC.CCC1=CC=C[CH]1.[V]. The van der Waals surface area contributed by atoms with Crippen LogP contribution in [0.25, 0.3) is 0 Å². The van der Waals surface area contributed by atoms with Gasteiger partial charge in [0.05, 0.1) is 0 Å². The van der Waals surface area contributed by atoms with Crippen LogP contribution in [0.2, 0.25) is 0 Å². The minimum Gasteiger partial charge on any atom is -0.103 e. The van der Waals surface area contributed by atoms with Gasteiger partial charge in [0.2, 0.25) is 0 Å². The summed E-state index contributed by atoms with van der Waals surface area (Å²) in [5.41, 5.74) is 1.43. The van der Waals surface area contributed by atoms with Crippen molar-refractivity contribution in [3.63, 3.8) is 0 Å². The van der Waals surface area contributed by atoms with Crippen LogP contribution in [-0.2, 0) is 18.6 Å². The molecule has 118 valence electrons. The molecular formula is C20H33V. The molecule has 0 N–H and O–H groups in total. The number of rotatable bonds is 3. The normalized spacial score (nSPS) is 28.3. The first-order valence-electron chi connectivity index (χ1n) is 8.66.